The lowest BCUT2D eigenvalue weighted by Gasteiger charge is -2.06. The van der Waals surface area contributed by atoms with Crippen LogP contribution >= 0.6 is 34.8 Å². The van der Waals surface area contributed by atoms with Gasteiger partial charge in [-0.25, -0.2) is 4.39 Å². The van der Waals surface area contributed by atoms with Crippen LogP contribution in [-0.2, 0) is 6.42 Å². The first-order valence-corrected chi connectivity index (χ1v) is 6.53. The van der Waals surface area contributed by atoms with Crippen LogP contribution in [0, 0.1) is 5.82 Å². The topological polar surface area (TPSA) is 17.1 Å². The zero-order valence-corrected chi connectivity index (χ0v) is 11.9. The van der Waals surface area contributed by atoms with E-state index in [-0.39, 0.29) is 22.8 Å². The molecule has 0 saturated carbocycles. The van der Waals surface area contributed by atoms with Gasteiger partial charge in [0.2, 0.25) is 0 Å². The largest absolute Gasteiger partial charge is 0.294 e. The van der Waals surface area contributed by atoms with Crippen molar-refractivity contribution in [2.24, 2.45) is 0 Å². The van der Waals surface area contributed by atoms with Crippen LogP contribution in [-0.4, -0.2) is 5.78 Å². The number of rotatable bonds is 3. The maximum Gasteiger partial charge on any atom is 0.167 e. The minimum Gasteiger partial charge on any atom is -0.294 e. The van der Waals surface area contributed by atoms with E-state index in [0.717, 1.165) is 6.07 Å². The van der Waals surface area contributed by atoms with Gasteiger partial charge in [-0.1, -0.05) is 40.9 Å². The van der Waals surface area contributed by atoms with Crippen LogP contribution in [0.5, 0.6) is 0 Å². The Morgan fingerprint density at radius 1 is 1.00 bits per heavy atom. The molecule has 0 radical (unpaired) electrons. The fourth-order valence-corrected chi connectivity index (χ4v) is 2.28. The number of carbonyl (C=O) groups is 1. The molecular weight excluding hydrogens is 310 g/mol. The van der Waals surface area contributed by atoms with Gasteiger partial charge in [0.15, 0.2) is 5.78 Å². The number of ketones is 1. The molecule has 0 atom stereocenters. The molecule has 0 bridgehead atoms. The Kier molecular flexibility index (Phi) is 4.46. The maximum atomic E-state index is 13.3. The zero-order valence-electron chi connectivity index (χ0n) is 9.59. The van der Waals surface area contributed by atoms with Gasteiger partial charge in [-0.2, -0.15) is 0 Å². The standard InChI is InChI=1S/C14H8Cl3FO/c15-10-2-1-3-11(16)9(10)7-14(19)8-4-5-12(17)13(18)6-8/h1-6H,7H2. The lowest BCUT2D eigenvalue weighted by molar-refractivity contribution is 0.0992. The molecule has 1 nitrogen and oxygen atoms in total. The van der Waals surface area contributed by atoms with E-state index in [1.54, 1.807) is 18.2 Å². The highest BCUT2D eigenvalue weighted by Gasteiger charge is 2.14. The SMILES string of the molecule is O=C(Cc1c(Cl)cccc1Cl)c1ccc(Cl)c(F)c1. The first kappa shape index (κ1) is 14.3. The second kappa shape index (κ2) is 5.91. The molecule has 2 aromatic rings. The molecule has 2 aromatic carbocycles. The van der Waals surface area contributed by atoms with Crippen LogP contribution < -0.4 is 0 Å². The highest BCUT2D eigenvalue weighted by molar-refractivity contribution is 6.36. The fraction of sp³-hybridized carbons (Fsp3) is 0.0714. The summed E-state index contributed by atoms with van der Waals surface area (Å²) in [6.45, 7) is 0. The van der Waals surface area contributed by atoms with Gasteiger partial charge in [-0.05, 0) is 35.9 Å². The predicted octanol–water partition coefficient (Wildman–Crippen LogP) is 5.21. The highest BCUT2D eigenvalue weighted by atomic mass is 35.5. The monoisotopic (exact) mass is 316 g/mol. The molecule has 0 unspecified atom stereocenters. The quantitative estimate of drug-likeness (QED) is 0.710. The molecule has 5 heteroatoms. The van der Waals surface area contributed by atoms with Crippen LogP contribution in [0.4, 0.5) is 4.39 Å². The highest BCUT2D eigenvalue weighted by Crippen LogP contribution is 2.26. The lowest BCUT2D eigenvalue weighted by Crippen LogP contribution is -2.05. The predicted molar refractivity (Wildman–Crippen MR) is 75.9 cm³/mol. The summed E-state index contributed by atoms with van der Waals surface area (Å²) in [4.78, 5) is 12.1. The van der Waals surface area contributed by atoms with Gasteiger partial charge in [0.25, 0.3) is 0 Å². The lowest BCUT2D eigenvalue weighted by atomic mass is 10.0. The molecule has 98 valence electrons. The Morgan fingerprint density at radius 2 is 1.63 bits per heavy atom. The van der Waals surface area contributed by atoms with Gasteiger partial charge in [-0.3, -0.25) is 4.79 Å². The van der Waals surface area contributed by atoms with Crippen molar-refractivity contribution in [3.8, 4) is 0 Å². The number of hydrogen-bond acceptors (Lipinski definition) is 1. The molecule has 2 rings (SSSR count). The van der Waals surface area contributed by atoms with Crippen molar-refractivity contribution in [1.82, 2.24) is 0 Å². The Bertz CT molecular complexity index is 620. The first-order valence-electron chi connectivity index (χ1n) is 5.40. The Hall–Kier alpha value is -1.09. The fourth-order valence-electron chi connectivity index (χ4n) is 1.63. The molecule has 0 aliphatic carbocycles. The van der Waals surface area contributed by atoms with Gasteiger partial charge in [0, 0.05) is 22.0 Å². The van der Waals surface area contributed by atoms with E-state index >= 15 is 0 Å². The smallest absolute Gasteiger partial charge is 0.167 e. The normalized spacial score (nSPS) is 10.5. The van der Waals surface area contributed by atoms with Crippen molar-refractivity contribution in [3.05, 3.63) is 68.4 Å². The van der Waals surface area contributed by atoms with Gasteiger partial charge >= 0.3 is 0 Å². The first-order chi connectivity index (χ1) is 8.99. The minimum absolute atomic E-state index is 0.0135. The second-order valence-electron chi connectivity index (χ2n) is 3.93. The van der Waals surface area contributed by atoms with E-state index < -0.39 is 5.82 Å². The van der Waals surface area contributed by atoms with E-state index in [2.05, 4.69) is 0 Å². The molecule has 0 aliphatic heterocycles. The maximum absolute atomic E-state index is 13.3. The second-order valence-corrected chi connectivity index (χ2v) is 5.15. The van der Waals surface area contributed by atoms with E-state index in [1.807, 2.05) is 0 Å². The summed E-state index contributed by atoms with van der Waals surface area (Å²) in [5.74, 6) is -0.900. The van der Waals surface area contributed by atoms with E-state index in [4.69, 9.17) is 34.8 Å². The number of benzene rings is 2. The zero-order chi connectivity index (χ0) is 14.0. The Balaban J connectivity index is 2.28. The summed E-state index contributed by atoms with van der Waals surface area (Å²) in [5.41, 5.74) is 0.768. The molecule has 19 heavy (non-hydrogen) atoms. The molecule has 0 aromatic heterocycles. The van der Waals surface area contributed by atoms with Gasteiger partial charge in [0.05, 0.1) is 5.02 Å². The summed E-state index contributed by atoms with van der Waals surface area (Å²) >= 11 is 17.5. The van der Waals surface area contributed by atoms with Gasteiger partial charge in [0.1, 0.15) is 5.82 Å². The van der Waals surface area contributed by atoms with Crippen LogP contribution in [0.15, 0.2) is 36.4 Å². The van der Waals surface area contributed by atoms with Gasteiger partial charge < -0.3 is 0 Å². The van der Waals surface area contributed by atoms with E-state index in [1.165, 1.54) is 12.1 Å². The number of carbonyl (C=O) groups excluding carboxylic acids is 1. The van der Waals surface area contributed by atoms with Gasteiger partial charge in [-0.15, -0.1) is 0 Å². The van der Waals surface area contributed by atoms with E-state index in [0.29, 0.717) is 15.6 Å². The van der Waals surface area contributed by atoms with Crippen molar-refractivity contribution >= 4 is 40.6 Å². The molecule has 0 N–H and O–H groups in total. The average Bonchev–Trinajstić information content (AvgIpc) is 2.37. The molecule has 0 fully saturated rings. The van der Waals surface area contributed by atoms with E-state index in [9.17, 15) is 9.18 Å². The Labute approximate surface area is 124 Å². The summed E-state index contributed by atoms with van der Waals surface area (Å²) in [5, 5.41) is 0.804. The van der Waals surface area contributed by atoms with Crippen molar-refractivity contribution in [2.75, 3.05) is 0 Å². The third-order valence-electron chi connectivity index (χ3n) is 2.64. The summed E-state index contributed by atoms with van der Waals surface area (Å²) in [6.07, 6.45) is 0.0135. The Morgan fingerprint density at radius 3 is 2.21 bits per heavy atom. The van der Waals surface area contributed by atoms with Crippen LogP contribution in [0.2, 0.25) is 15.1 Å². The summed E-state index contributed by atoms with van der Waals surface area (Å²) in [6, 6.07) is 8.92. The number of halogens is 4. The number of hydrogen-bond donors (Lipinski definition) is 0. The van der Waals surface area contributed by atoms with Crippen LogP contribution in [0.3, 0.4) is 0 Å². The van der Waals surface area contributed by atoms with Crippen LogP contribution in [0.25, 0.3) is 0 Å². The summed E-state index contributed by atoms with van der Waals surface area (Å²) in [7, 11) is 0. The number of Topliss-reactive ketones (excluding diaryl/α,β-unsaturated/α-hetero) is 1. The molecule has 0 amide bonds. The third kappa shape index (κ3) is 3.27. The van der Waals surface area contributed by atoms with Crippen molar-refractivity contribution in [3.63, 3.8) is 0 Å². The van der Waals surface area contributed by atoms with Crippen molar-refractivity contribution < 1.29 is 9.18 Å². The van der Waals surface area contributed by atoms with Crippen molar-refractivity contribution in [2.45, 2.75) is 6.42 Å². The molecule has 0 aliphatic rings. The minimum atomic E-state index is -0.627. The molecule has 0 saturated heterocycles. The average molecular weight is 318 g/mol. The molecular formula is C14H8Cl3FO. The van der Waals surface area contributed by atoms with Crippen LogP contribution in [0.1, 0.15) is 15.9 Å². The third-order valence-corrected chi connectivity index (χ3v) is 3.66. The molecule has 0 spiro atoms. The van der Waals surface area contributed by atoms with Crippen molar-refractivity contribution in [1.29, 1.82) is 0 Å². The summed E-state index contributed by atoms with van der Waals surface area (Å²) < 4.78 is 13.3. The molecule has 0 heterocycles.